The third kappa shape index (κ3) is 3.41. The van der Waals surface area contributed by atoms with E-state index in [1.807, 2.05) is 24.4 Å². The molecule has 1 atom stereocenters. The molecule has 9 heteroatoms. The zero-order valence-corrected chi connectivity index (χ0v) is 15.1. The van der Waals surface area contributed by atoms with E-state index < -0.39 is 10.0 Å². The molecule has 1 aliphatic rings. The minimum Gasteiger partial charge on any atom is -0.482 e. The van der Waals surface area contributed by atoms with Gasteiger partial charge < -0.3 is 10.1 Å². The van der Waals surface area contributed by atoms with Crippen LogP contribution in [0.4, 0.5) is 5.69 Å². The van der Waals surface area contributed by atoms with Crippen molar-refractivity contribution in [3.05, 3.63) is 39.5 Å². The second kappa shape index (κ2) is 6.72. The SMILES string of the molecule is CC[C@@H](NS(=O)(=O)c1cc2c(cc1Cl)NC(=O)CO2)c1cccs1. The molecule has 1 aromatic carbocycles. The average molecular weight is 387 g/mol. The Kier molecular flexibility index (Phi) is 4.82. The second-order valence-corrected chi connectivity index (χ2v) is 8.28. The van der Waals surface area contributed by atoms with Crippen molar-refractivity contribution in [1.29, 1.82) is 0 Å². The fourth-order valence-corrected chi connectivity index (χ4v) is 5.15. The molecule has 2 N–H and O–H groups in total. The predicted molar refractivity (Wildman–Crippen MR) is 93.2 cm³/mol. The van der Waals surface area contributed by atoms with Gasteiger partial charge in [0, 0.05) is 10.9 Å². The molecule has 2 aromatic rings. The van der Waals surface area contributed by atoms with Crippen LogP contribution in [0.5, 0.6) is 5.75 Å². The molecule has 1 aliphatic heterocycles. The maximum Gasteiger partial charge on any atom is 0.262 e. The molecule has 1 amide bonds. The summed E-state index contributed by atoms with van der Waals surface area (Å²) in [5.41, 5.74) is 0.362. The molecule has 2 heterocycles. The molecule has 0 bridgehead atoms. The third-order valence-corrected chi connectivity index (χ3v) is 6.47. The number of fused-ring (bicyclic) bond motifs is 1. The van der Waals surface area contributed by atoms with Crippen molar-refractivity contribution in [2.75, 3.05) is 11.9 Å². The molecular weight excluding hydrogens is 372 g/mol. The topological polar surface area (TPSA) is 84.5 Å². The largest absolute Gasteiger partial charge is 0.482 e. The highest BCUT2D eigenvalue weighted by atomic mass is 35.5. The van der Waals surface area contributed by atoms with Crippen LogP contribution >= 0.6 is 22.9 Å². The van der Waals surface area contributed by atoms with Gasteiger partial charge in [0.25, 0.3) is 5.91 Å². The predicted octanol–water partition coefficient (Wildman–Crippen LogP) is 3.16. The molecule has 128 valence electrons. The number of amides is 1. The summed E-state index contributed by atoms with van der Waals surface area (Å²) >= 11 is 7.61. The zero-order valence-electron chi connectivity index (χ0n) is 12.7. The number of anilines is 1. The lowest BCUT2D eigenvalue weighted by Gasteiger charge is -2.21. The molecule has 24 heavy (non-hydrogen) atoms. The van der Waals surface area contributed by atoms with E-state index >= 15 is 0 Å². The summed E-state index contributed by atoms with van der Waals surface area (Å²) < 4.78 is 33.4. The van der Waals surface area contributed by atoms with Gasteiger partial charge in [0.15, 0.2) is 6.61 Å². The van der Waals surface area contributed by atoms with Crippen LogP contribution in [0.1, 0.15) is 24.3 Å². The van der Waals surface area contributed by atoms with Crippen molar-refractivity contribution in [1.82, 2.24) is 4.72 Å². The first kappa shape index (κ1) is 17.2. The fourth-order valence-electron chi connectivity index (χ4n) is 2.37. The van der Waals surface area contributed by atoms with E-state index in [2.05, 4.69) is 10.0 Å². The summed E-state index contributed by atoms with van der Waals surface area (Å²) in [7, 11) is -3.84. The second-order valence-electron chi connectivity index (χ2n) is 5.21. The Morgan fingerprint density at radius 1 is 1.46 bits per heavy atom. The number of sulfonamides is 1. The van der Waals surface area contributed by atoms with Crippen LogP contribution in [-0.4, -0.2) is 20.9 Å². The van der Waals surface area contributed by atoms with Gasteiger partial charge in [-0.1, -0.05) is 24.6 Å². The van der Waals surface area contributed by atoms with Crippen LogP contribution in [0.25, 0.3) is 0 Å². The summed E-state index contributed by atoms with van der Waals surface area (Å²) in [6.07, 6.45) is 0.606. The Balaban J connectivity index is 1.93. The van der Waals surface area contributed by atoms with E-state index in [-0.39, 0.29) is 34.2 Å². The van der Waals surface area contributed by atoms with Crippen molar-refractivity contribution in [2.24, 2.45) is 0 Å². The average Bonchev–Trinajstić information content (AvgIpc) is 3.06. The van der Waals surface area contributed by atoms with Crippen molar-refractivity contribution < 1.29 is 17.9 Å². The molecule has 0 fully saturated rings. The van der Waals surface area contributed by atoms with Crippen molar-refractivity contribution in [2.45, 2.75) is 24.3 Å². The summed E-state index contributed by atoms with van der Waals surface area (Å²) in [5.74, 6) is -0.0282. The number of nitrogens with one attached hydrogen (secondary N) is 2. The summed E-state index contributed by atoms with van der Waals surface area (Å²) in [5, 5.41) is 4.51. The van der Waals surface area contributed by atoms with Crippen LogP contribution in [0.3, 0.4) is 0 Å². The first-order valence-corrected chi connectivity index (χ1v) is 9.96. The van der Waals surface area contributed by atoms with E-state index in [1.54, 1.807) is 0 Å². The maximum atomic E-state index is 12.7. The van der Waals surface area contributed by atoms with Gasteiger partial charge in [0.2, 0.25) is 10.0 Å². The number of thiophene rings is 1. The molecule has 3 rings (SSSR count). The Morgan fingerprint density at radius 3 is 2.92 bits per heavy atom. The molecule has 0 radical (unpaired) electrons. The van der Waals surface area contributed by atoms with Gasteiger partial charge in [-0.15, -0.1) is 11.3 Å². The molecule has 0 unspecified atom stereocenters. The van der Waals surface area contributed by atoms with E-state index in [0.29, 0.717) is 12.1 Å². The van der Waals surface area contributed by atoms with E-state index in [4.69, 9.17) is 16.3 Å². The number of carbonyl (C=O) groups excluding carboxylic acids is 1. The number of rotatable bonds is 5. The van der Waals surface area contributed by atoms with Gasteiger partial charge in [-0.25, -0.2) is 13.1 Å². The number of halogens is 1. The van der Waals surface area contributed by atoms with Crippen molar-refractivity contribution >= 4 is 44.6 Å². The van der Waals surface area contributed by atoms with Crippen LogP contribution < -0.4 is 14.8 Å². The minimum atomic E-state index is -3.84. The molecule has 0 saturated carbocycles. The van der Waals surface area contributed by atoms with Gasteiger partial charge in [-0.3, -0.25) is 4.79 Å². The van der Waals surface area contributed by atoms with Gasteiger partial charge in [0.05, 0.1) is 16.8 Å². The molecule has 0 aliphatic carbocycles. The Labute approximate surface area is 148 Å². The lowest BCUT2D eigenvalue weighted by molar-refractivity contribution is -0.118. The van der Waals surface area contributed by atoms with Crippen LogP contribution in [0.15, 0.2) is 34.5 Å². The van der Waals surface area contributed by atoms with Gasteiger partial charge in [-0.05, 0) is 23.9 Å². The van der Waals surface area contributed by atoms with Crippen LogP contribution in [0, 0.1) is 0 Å². The highest BCUT2D eigenvalue weighted by molar-refractivity contribution is 7.89. The number of hydrogen-bond acceptors (Lipinski definition) is 5. The lowest BCUT2D eigenvalue weighted by atomic mass is 10.2. The van der Waals surface area contributed by atoms with Gasteiger partial charge in [0.1, 0.15) is 10.6 Å². The fraction of sp³-hybridized carbons (Fsp3) is 0.267. The number of hydrogen-bond donors (Lipinski definition) is 2. The third-order valence-electron chi connectivity index (χ3n) is 3.55. The summed E-state index contributed by atoms with van der Waals surface area (Å²) in [4.78, 5) is 12.2. The smallest absolute Gasteiger partial charge is 0.262 e. The molecule has 1 aromatic heterocycles. The quantitative estimate of drug-likeness (QED) is 0.826. The van der Waals surface area contributed by atoms with Crippen LogP contribution in [-0.2, 0) is 14.8 Å². The highest BCUT2D eigenvalue weighted by Crippen LogP contribution is 2.36. The van der Waals surface area contributed by atoms with E-state index in [0.717, 1.165) is 4.88 Å². The van der Waals surface area contributed by atoms with Crippen LogP contribution in [0.2, 0.25) is 5.02 Å². The van der Waals surface area contributed by atoms with Gasteiger partial charge in [-0.2, -0.15) is 0 Å². The molecule has 6 nitrogen and oxygen atoms in total. The molecule has 0 spiro atoms. The zero-order chi connectivity index (χ0) is 17.3. The minimum absolute atomic E-state index is 0.0214. The maximum absolute atomic E-state index is 12.7. The normalized spacial score (nSPS) is 15.3. The Morgan fingerprint density at radius 2 is 2.25 bits per heavy atom. The number of carbonyl (C=O) groups is 1. The standard InChI is InChI=1S/C15H15ClN2O4S2/c1-2-10(13-4-3-5-23-13)18-24(20,21)14-7-12-11(6-9(14)16)17-15(19)8-22-12/h3-7,10,18H,2,8H2,1H3,(H,17,19)/t10-/m1/s1. The Bertz CT molecular complexity index is 866. The molecular formula is C15H15ClN2O4S2. The Hall–Kier alpha value is -1.61. The number of ether oxygens (including phenoxy) is 1. The highest BCUT2D eigenvalue weighted by Gasteiger charge is 2.27. The first-order chi connectivity index (χ1) is 11.4. The first-order valence-electron chi connectivity index (χ1n) is 7.22. The van der Waals surface area contributed by atoms with Crippen molar-refractivity contribution in [3.8, 4) is 5.75 Å². The summed E-state index contributed by atoms with van der Waals surface area (Å²) in [6.45, 7) is 1.74. The lowest BCUT2D eigenvalue weighted by Crippen LogP contribution is -2.29. The summed E-state index contributed by atoms with van der Waals surface area (Å²) in [6, 6.07) is 6.14. The number of benzene rings is 1. The van der Waals surface area contributed by atoms with E-state index in [1.165, 1.54) is 23.5 Å². The van der Waals surface area contributed by atoms with E-state index in [9.17, 15) is 13.2 Å². The van der Waals surface area contributed by atoms with Crippen molar-refractivity contribution in [3.63, 3.8) is 0 Å². The van der Waals surface area contributed by atoms with Gasteiger partial charge >= 0.3 is 0 Å². The molecule has 0 saturated heterocycles. The monoisotopic (exact) mass is 386 g/mol.